The van der Waals surface area contributed by atoms with Crippen LogP contribution in [0, 0.1) is 11.3 Å². The number of amides is 2. The maximum Gasteiger partial charge on any atom is 0.272 e. The predicted octanol–water partition coefficient (Wildman–Crippen LogP) is 4.52. The Balaban J connectivity index is 1.66. The number of rotatable bonds is 4. The van der Waals surface area contributed by atoms with Crippen LogP contribution in [0.15, 0.2) is 82.3 Å². The number of imide groups is 1. The molecule has 1 atom stereocenters. The maximum atomic E-state index is 13.8. The smallest absolute Gasteiger partial charge is 0.272 e. The average molecular weight is 519 g/mol. The van der Waals surface area contributed by atoms with Crippen LogP contribution in [-0.2, 0) is 19.4 Å². The van der Waals surface area contributed by atoms with Gasteiger partial charge in [-0.2, -0.15) is 5.26 Å². The van der Waals surface area contributed by atoms with Crippen LogP contribution in [0.3, 0.4) is 0 Å². The molecule has 3 aromatic rings. The monoisotopic (exact) mass is 518 g/mol. The Kier molecular flexibility index (Phi) is 6.12. The molecule has 1 saturated heterocycles. The van der Waals surface area contributed by atoms with Crippen LogP contribution in [-0.4, -0.2) is 42.7 Å². The number of benzene rings is 2. The number of sulfone groups is 1. The zero-order chi connectivity index (χ0) is 25.4. The molecule has 0 N–H and O–H groups in total. The van der Waals surface area contributed by atoms with E-state index in [-0.39, 0.29) is 34.6 Å². The zero-order valence-corrected chi connectivity index (χ0v) is 20.4. The lowest BCUT2D eigenvalue weighted by molar-refractivity contribution is -0.142. The summed E-state index contributed by atoms with van der Waals surface area (Å²) >= 11 is 6.29. The largest absolute Gasteiger partial charge is 0.457 e. The summed E-state index contributed by atoms with van der Waals surface area (Å²) in [7, 11) is -3.38. The highest BCUT2D eigenvalue weighted by atomic mass is 35.5. The Morgan fingerprint density at radius 1 is 1.00 bits per heavy atom. The highest BCUT2D eigenvalue weighted by molar-refractivity contribution is 7.91. The second kappa shape index (κ2) is 9.26. The van der Waals surface area contributed by atoms with E-state index in [4.69, 9.17) is 16.0 Å². The van der Waals surface area contributed by atoms with E-state index in [1.165, 1.54) is 6.08 Å². The van der Waals surface area contributed by atoms with Gasteiger partial charge in [0.2, 0.25) is 0 Å². The lowest BCUT2D eigenvalue weighted by Gasteiger charge is -2.32. The Labute approximate surface area is 212 Å². The first-order valence-corrected chi connectivity index (χ1v) is 13.3. The highest BCUT2D eigenvalue weighted by Gasteiger charge is 2.45. The molecule has 0 spiro atoms. The van der Waals surface area contributed by atoms with Crippen molar-refractivity contribution in [3.63, 3.8) is 0 Å². The van der Waals surface area contributed by atoms with E-state index in [9.17, 15) is 23.3 Å². The number of furan rings is 1. The molecule has 2 aliphatic heterocycles. The minimum absolute atomic E-state index is 0.0710. The SMILES string of the molecule is N#CC1=C(c2ccccc2)/C(=C/c2ccc(-c3ccccc3Cl)o2)C(=O)N(C2CCS(=O)(=O)C2)C1=O. The molecule has 3 heterocycles. The third-order valence-electron chi connectivity index (χ3n) is 6.20. The summed E-state index contributed by atoms with van der Waals surface area (Å²) in [4.78, 5) is 28.0. The lowest BCUT2D eigenvalue weighted by atomic mass is 9.87. The van der Waals surface area contributed by atoms with Crippen LogP contribution in [0.25, 0.3) is 23.0 Å². The van der Waals surface area contributed by atoms with Crippen LogP contribution in [0.5, 0.6) is 0 Å². The molecule has 1 aromatic heterocycles. The summed E-state index contributed by atoms with van der Waals surface area (Å²) < 4.78 is 30.2. The van der Waals surface area contributed by atoms with Crippen LogP contribution in [0.1, 0.15) is 17.7 Å². The first-order valence-electron chi connectivity index (χ1n) is 11.1. The summed E-state index contributed by atoms with van der Waals surface area (Å²) in [5.74, 6) is -1.12. The summed E-state index contributed by atoms with van der Waals surface area (Å²) in [6, 6.07) is 20.3. The second-order valence-corrected chi connectivity index (χ2v) is 11.1. The maximum absolute atomic E-state index is 13.8. The second-order valence-electron chi connectivity index (χ2n) is 8.50. The third kappa shape index (κ3) is 4.28. The normalized spacial score (nSPS) is 20.7. The molecule has 0 aliphatic carbocycles. The summed E-state index contributed by atoms with van der Waals surface area (Å²) in [5, 5.41) is 10.5. The molecular weight excluding hydrogens is 500 g/mol. The molecule has 2 amide bonds. The van der Waals surface area contributed by atoms with Gasteiger partial charge in [-0.05, 0) is 42.3 Å². The zero-order valence-electron chi connectivity index (χ0n) is 18.8. The van der Waals surface area contributed by atoms with Crippen molar-refractivity contribution in [1.29, 1.82) is 5.26 Å². The fourth-order valence-electron chi connectivity index (χ4n) is 4.52. The quantitative estimate of drug-likeness (QED) is 0.371. The number of nitriles is 1. The molecule has 2 aliphatic rings. The van der Waals surface area contributed by atoms with E-state index < -0.39 is 27.7 Å². The minimum atomic E-state index is -3.38. The summed E-state index contributed by atoms with van der Waals surface area (Å²) in [6.07, 6.45) is 1.61. The molecule has 36 heavy (non-hydrogen) atoms. The van der Waals surface area contributed by atoms with Gasteiger partial charge in [-0.15, -0.1) is 0 Å². The van der Waals surface area contributed by atoms with Crippen molar-refractivity contribution in [1.82, 2.24) is 4.90 Å². The van der Waals surface area contributed by atoms with Crippen LogP contribution in [0.4, 0.5) is 0 Å². The predicted molar refractivity (Wildman–Crippen MR) is 135 cm³/mol. The van der Waals surface area contributed by atoms with E-state index in [1.807, 2.05) is 12.1 Å². The fraction of sp³-hybridized carbons (Fsp3) is 0.148. The molecule has 2 aromatic carbocycles. The Hall–Kier alpha value is -3.93. The molecule has 7 nitrogen and oxygen atoms in total. The molecule has 0 saturated carbocycles. The van der Waals surface area contributed by atoms with E-state index >= 15 is 0 Å². The molecule has 0 bridgehead atoms. The molecule has 1 fully saturated rings. The van der Waals surface area contributed by atoms with Crippen molar-refractivity contribution in [2.24, 2.45) is 0 Å². The van der Waals surface area contributed by atoms with Gasteiger partial charge in [0.1, 0.15) is 23.2 Å². The van der Waals surface area contributed by atoms with Gasteiger partial charge < -0.3 is 4.42 Å². The molecule has 0 radical (unpaired) electrons. The van der Waals surface area contributed by atoms with Crippen LogP contribution >= 0.6 is 11.6 Å². The Morgan fingerprint density at radius 2 is 1.72 bits per heavy atom. The van der Waals surface area contributed by atoms with Gasteiger partial charge in [-0.25, -0.2) is 8.42 Å². The van der Waals surface area contributed by atoms with E-state index in [0.717, 1.165) is 4.90 Å². The van der Waals surface area contributed by atoms with Crippen LogP contribution in [0.2, 0.25) is 5.02 Å². The van der Waals surface area contributed by atoms with Gasteiger partial charge in [0.05, 0.1) is 28.1 Å². The Bertz CT molecular complexity index is 1600. The average Bonchev–Trinajstić information content (AvgIpc) is 3.47. The molecule has 5 rings (SSSR count). The number of hydrogen-bond acceptors (Lipinski definition) is 6. The van der Waals surface area contributed by atoms with Crippen molar-refractivity contribution in [3.05, 3.63) is 94.2 Å². The van der Waals surface area contributed by atoms with E-state index in [1.54, 1.807) is 60.7 Å². The number of carbonyl (C=O) groups excluding carboxylic acids is 2. The molecular formula is C27H19ClN2O5S. The lowest BCUT2D eigenvalue weighted by Crippen LogP contribution is -2.49. The van der Waals surface area contributed by atoms with Gasteiger partial charge in [0.25, 0.3) is 11.8 Å². The molecule has 180 valence electrons. The van der Waals surface area contributed by atoms with Gasteiger partial charge >= 0.3 is 0 Å². The van der Waals surface area contributed by atoms with Gasteiger partial charge in [-0.3, -0.25) is 14.5 Å². The number of nitrogens with zero attached hydrogens (tertiary/aromatic N) is 2. The minimum Gasteiger partial charge on any atom is -0.457 e. The standard InChI is InChI=1S/C27H19ClN2O5S/c28-23-9-5-4-8-20(23)24-11-10-19(35-24)14-21-25(17-6-2-1-3-7-17)22(15-29)27(32)30(26(21)31)18-12-13-36(33,34)16-18/h1-11,14,18H,12-13,16H2/b21-14-. The first-order chi connectivity index (χ1) is 17.3. The summed E-state index contributed by atoms with van der Waals surface area (Å²) in [6.45, 7) is 0. The molecule has 9 heteroatoms. The van der Waals surface area contributed by atoms with Crippen molar-refractivity contribution in [2.45, 2.75) is 12.5 Å². The highest BCUT2D eigenvalue weighted by Crippen LogP contribution is 2.38. The van der Waals surface area contributed by atoms with Crippen LogP contribution < -0.4 is 0 Å². The van der Waals surface area contributed by atoms with Crippen molar-refractivity contribution < 1.29 is 22.4 Å². The van der Waals surface area contributed by atoms with Crippen molar-refractivity contribution in [3.8, 4) is 17.4 Å². The topological polar surface area (TPSA) is 108 Å². The summed E-state index contributed by atoms with van der Waals surface area (Å²) in [5.41, 5.74) is 1.21. The van der Waals surface area contributed by atoms with Gasteiger partial charge in [0, 0.05) is 11.1 Å². The Morgan fingerprint density at radius 3 is 2.39 bits per heavy atom. The molecule has 1 unspecified atom stereocenters. The first kappa shape index (κ1) is 23.8. The van der Waals surface area contributed by atoms with Crippen molar-refractivity contribution >= 4 is 44.9 Å². The van der Waals surface area contributed by atoms with E-state index in [0.29, 0.717) is 27.7 Å². The van der Waals surface area contributed by atoms with Gasteiger partial charge in [-0.1, -0.05) is 54.1 Å². The number of carbonyl (C=O) groups is 2. The number of halogens is 1. The van der Waals surface area contributed by atoms with Gasteiger partial charge in [0.15, 0.2) is 9.84 Å². The van der Waals surface area contributed by atoms with Crippen molar-refractivity contribution in [2.75, 3.05) is 11.5 Å². The third-order valence-corrected chi connectivity index (χ3v) is 8.28. The fourth-order valence-corrected chi connectivity index (χ4v) is 6.45. The number of hydrogen-bond donors (Lipinski definition) is 0. The van der Waals surface area contributed by atoms with E-state index in [2.05, 4.69) is 0 Å².